The summed E-state index contributed by atoms with van der Waals surface area (Å²) in [5.41, 5.74) is 1.40. The lowest BCUT2D eigenvalue weighted by molar-refractivity contribution is 0.0637. The van der Waals surface area contributed by atoms with Gasteiger partial charge in [0, 0.05) is 5.56 Å². The molecule has 3 nitrogen and oxygen atoms in total. The van der Waals surface area contributed by atoms with E-state index >= 15 is 0 Å². The smallest absolute Gasteiger partial charge is 0.266 e. The predicted molar refractivity (Wildman–Crippen MR) is 127 cm³/mol. The molecule has 0 aliphatic rings. The molecule has 0 aromatic heterocycles. The highest BCUT2D eigenvalue weighted by Gasteiger charge is 2.18. The van der Waals surface area contributed by atoms with Gasteiger partial charge in [0.1, 0.15) is 0 Å². The third kappa shape index (κ3) is 9.58. The van der Waals surface area contributed by atoms with Crippen molar-refractivity contribution < 1.29 is 9.63 Å². The summed E-state index contributed by atoms with van der Waals surface area (Å²) in [5, 5.41) is 1.44. The first kappa shape index (κ1) is 24.1. The summed E-state index contributed by atoms with van der Waals surface area (Å²) in [7, 11) is 0. The lowest BCUT2D eigenvalue weighted by Gasteiger charge is -2.22. The van der Waals surface area contributed by atoms with Gasteiger partial charge < -0.3 is 0 Å². The van der Waals surface area contributed by atoms with Crippen molar-refractivity contribution in [3.8, 4) is 0 Å². The molecule has 0 aliphatic heterocycles. The molecule has 0 saturated heterocycles. The van der Waals surface area contributed by atoms with Gasteiger partial charge in [-0.2, -0.15) is 5.06 Å². The van der Waals surface area contributed by atoms with E-state index in [4.69, 9.17) is 4.84 Å². The molecule has 0 aliphatic carbocycles. The Kier molecular flexibility index (Phi) is 12.6. The molecule has 2 aromatic carbocycles. The summed E-state index contributed by atoms with van der Waals surface area (Å²) in [6.07, 6.45) is 15.7. The van der Waals surface area contributed by atoms with Gasteiger partial charge in [0.25, 0.3) is 5.91 Å². The predicted octanol–water partition coefficient (Wildman–Crippen LogP) is 7.97. The van der Waals surface area contributed by atoms with E-state index in [-0.39, 0.29) is 5.91 Å². The van der Waals surface area contributed by atoms with Crippen LogP contribution >= 0.6 is 0 Å². The molecule has 164 valence electrons. The molecule has 0 atom stereocenters. The molecular formula is C27H39NO2. The lowest BCUT2D eigenvalue weighted by Crippen LogP contribution is -2.31. The maximum Gasteiger partial charge on any atom is 0.282 e. The van der Waals surface area contributed by atoms with E-state index in [1.807, 2.05) is 60.7 Å². The van der Waals surface area contributed by atoms with Crippen molar-refractivity contribution in [1.29, 1.82) is 0 Å². The minimum Gasteiger partial charge on any atom is -0.266 e. The quantitative estimate of drug-likeness (QED) is 0.208. The van der Waals surface area contributed by atoms with E-state index in [1.165, 1.54) is 69.3 Å². The second kappa shape index (κ2) is 15.7. The summed E-state index contributed by atoms with van der Waals surface area (Å²) in [5.74, 6) is -0.124. The molecular weight excluding hydrogens is 370 g/mol. The van der Waals surface area contributed by atoms with Gasteiger partial charge in [-0.1, -0.05) is 114 Å². The van der Waals surface area contributed by atoms with E-state index in [0.29, 0.717) is 12.2 Å². The number of hydrogen-bond acceptors (Lipinski definition) is 2. The maximum atomic E-state index is 12.9. The molecule has 0 radical (unpaired) electrons. The molecule has 0 unspecified atom stereocenters. The van der Waals surface area contributed by atoms with Gasteiger partial charge in [0.15, 0.2) is 0 Å². The van der Waals surface area contributed by atoms with Crippen molar-refractivity contribution in [2.75, 3.05) is 11.7 Å². The summed E-state index contributed by atoms with van der Waals surface area (Å²) >= 11 is 0. The highest BCUT2D eigenvalue weighted by atomic mass is 16.7. The maximum absolute atomic E-state index is 12.9. The summed E-state index contributed by atoms with van der Waals surface area (Å²) in [6.45, 7) is 2.83. The zero-order chi connectivity index (χ0) is 21.3. The number of anilines is 1. The Morgan fingerprint density at radius 2 is 1.13 bits per heavy atom. The van der Waals surface area contributed by atoms with E-state index in [2.05, 4.69) is 6.92 Å². The minimum atomic E-state index is -0.124. The van der Waals surface area contributed by atoms with Gasteiger partial charge in [0.05, 0.1) is 12.3 Å². The molecule has 0 heterocycles. The van der Waals surface area contributed by atoms with Gasteiger partial charge in [-0.15, -0.1) is 0 Å². The molecule has 0 fully saturated rings. The van der Waals surface area contributed by atoms with Gasteiger partial charge in [-0.05, 0) is 30.7 Å². The molecule has 0 N–H and O–H groups in total. The van der Waals surface area contributed by atoms with Crippen LogP contribution in [-0.2, 0) is 4.84 Å². The Hall–Kier alpha value is -2.13. The average Bonchev–Trinajstić information content (AvgIpc) is 2.80. The van der Waals surface area contributed by atoms with Crippen molar-refractivity contribution in [3.63, 3.8) is 0 Å². The molecule has 0 spiro atoms. The Balaban J connectivity index is 1.63. The monoisotopic (exact) mass is 409 g/mol. The number of amides is 1. The highest BCUT2D eigenvalue weighted by molar-refractivity contribution is 6.04. The molecule has 1 amide bonds. The molecule has 3 heteroatoms. The van der Waals surface area contributed by atoms with E-state index < -0.39 is 0 Å². The number of hydrogen-bond donors (Lipinski definition) is 0. The normalized spacial score (nSPS) is 10.8. The molecule has 2 rings (SSSR count). The second-order valence-electron chi connectivity index (χ2n) is 8.02. The third-order valence-electron chi connectivity index (χ3n) is 5.41. The third-order valence-corrected chi connectivity index (χ3v) is 5.41. The van der Waals surface area contributed by atoms with E-state index in [0.717, 1.165) is 18.5 Å². The Labute approximate surface area is 183 Å². The first-order chi connectivity index (χ1) is 14.8. The fraction of sp³-hybridized carbons (Fsp3) is 0.519. The number of carbonyl (C=O) groups is 1. The van der Waals surface area contributed by atoms with Crippen LogP contribution in [0.2, 0.25) is 0 Å². The lowest BCUT2D eigenvalue weighted by atomic mass is 10.1. The second-order valence-corrected chi connectivity index (χ2v) is 8.02. The number of benzene rings is 2. The van der Waals surface area contributed by atoms with Crippen LogP contribution in [0.1, 0.15) is 94.3 Å². The molecule has 2 aromatic rings. The van der Waals surface area contributed by atoms with Crippen LogP contribution in [0.4, 0.5) is 5.69 Å². The van der Waals surface area contributed by atoms with Crippen molar-refractivity contribution >= 4 is 11.6 Å². The van der Waals surface area contributed by atoms with Crippen LogP contribution in [0.3, 0.4) is 0 Å². The molecule has 0 bridgehead atoms. The summed E-state index contributed by atoms with van der Waals surface area (Å²) < 4.78 is 0. The summed E-state index contributed by atoms with van der Waals surface area (Å²) in [6, 6.07) is 18.9. The van der Waals surface area contributed by atoms with E-state index in [9.17, 15) is 4.79 Å². The van der Waals surface area contributed by atoms with Crippen molar-refractivity contribution in [3.05, 3.63) is 66.2 Å². The number of nitrogens with zero attached hydrogens (tertiary/aromatic N) is 1. The number of rotatable bonds is 16. The first-order valence-electron chi connectivity index (χ1n) is 11.9. The highest BCUT2D eigenvalue weighted by Crippen LogP contribution is 2.18. The van der Waals surface area contributed by atoms with Crippen LogP contribution in [-0.4, -0.2) is 12.5 Å². The van der Waals surface area contributed by atoms with Crippen LogP contribution < -0.4 is 5.06 Å². The number of para-hydroxylation sites is 1. The van der Waals surface area contributed by atoms with Gasteiger partial charge >= 0.3 is 0 Å². The topological polar surface area (TPSA) is 29.5 Å². The van der Waals surface area contributed by atoms with Gasteiger partial charge in [0.2, 0.25) is 0 Å². The van der Waals surface area contributed by atoms with Crippen LogP contribution in [0, 0.1) is 0 Å². The standard InChI is InChI=1S/C27H39NO2/c1-2-3-4-5-6-7-8-9-10-11-12-19-24-30-28(26-22-17-14-18-23-26)27(29)25-20-15-13-16-21-25/h13-18,20-23H,2-12,19,24H2,1H3. The number of hydroxylamine groups is 1. The first-order valence-corrected chi connectivity index (χ1v) is 11.9. The number of unbranched alkanes of at least 4 members (excludes halogenated alkanes) is 11. The average molecular weight is 410 g/mol. The van der Waals surface area contributed by atoms with Crippen LogP contribution in [0.25, 0.3) is 0 Å². The van der Waals surface area contributed by atoms with Crippen molar-refractivity contribution in [1.82, 2.24) is 0 Å². The Morgan fingerprint density at radius 1 is 0.667 bits per heavy atom. The Morgan fingerprint density at radius 3 is 1.67 bits per heavy atom. The van der Waals surface area contributed by atoms with E-state index in [1.54, 1.807) is 0 Å². The van der Waals surface area contributed by atoms with Crippen LogP contribution in [0.5, 0.6) is 0 Å². The zero-order valence-corrected chi connectivity index (χ0v) is 18.7. The number of carbonyl (C=O) groups excluding carboxylic acids is 1. The van der Waals surface area contributed by atoms with Crippen LogP contribution in [0.15, 0.2) is 60.7 Å². The summed E-state index contributed by atoms with van der Waals surface area (Å²) in [4.78, 5) is 18.8. The fourth-order valence-corrected chi connectivity index (χ4v) is 3.61. The molecule has 30 heavy (non-hydrogen) atoms. The Bertz CT molecular complexity index is 672. The van der Waals surface area contributed by atoms with Gasteiger partial charge in [-0.3, -0.25) is 9.63 Å². The van der Waals surface area contributed by atoms with Gasteiger partial charge in [-0.25, -0.2) is 0 Å². The van der Waals surface area contributed by atoms with Crippen molar-refractivity contribution in [2.45, 2.75) is 84.0 Å². The van der Waals surface area contributed by atoms with Crippen molar-refractivity contribution in [2.24, 2.45) is 0 Å². The zero-order valence-electron chi connectivity index (χ0n) is 18.7. The minimum absolute atomic E-state index is 0.124. The fourth-order valence-electron chi connectivity index (χ4n) is 3.61. The SMILES string of the molecule is CCCCCCCCCCCCCCON(C(=O)c1ccccc1)c1ccccc1. The molecule has 0 saturated carbocycles. The largest absolute Gasteiger partial charge is 0.282 e.